The summed E-state index contributed by atoms with van der Waals surface area (Å²) in [5, 5.41) is 11.9. The first-order valence-corrected chi connectivity index (χ1v) is 11.8. The fraction of sp³-hybridized carbons (Fsp3) is 0.148. The van der Waals surface area contributed by atoms with Crippen molar-refractivity contribution in [1.29, 1.82) is 0 Å². The number of carbonyl (C=O) groups is 1. The van der Waals surface area contributed by atoms with Gasteiger partial charge in [0.2, 0.25) is 17.6 Å². The second-order valence-electron chi connectivity index (χ2n) is 8.38. The van der Waals surface area contributed by atoms with E-state index in [1.807, 2.05) is 30.3 Å². The number of H-pyrrole nitrogens is 1. The van der Waals surface area contributed by atoms with Crippen LogP contribution in [0.3, 0.4) is 0 Å². The van der Waals surface area contributed by atoms with Gasteiger partial charge in [-0.05, 0) is 42.8 Å². The van der Waals surface area contributed by atoms with E-state index in [1.165, 1.54) is 38.3 Å². The van der Waals surface area contributed by atoms with Gasteiger partial charge in [-0.2, -0.15) is 19.9 Å². The number of carbonyl (C=O) groups excluding carboxylic acids is 1. The van der Waals surface area contributed by atoms with E-state index in [0.29, 0.717) is 45.4 Å². The first kappa shape index (κ1) is 25.3. The molecule has 2 aromatic carbocycles. The monoisotopic (exact) mass is 527 g/mol. The van der Waals surface area contributed by atoms with Gasteiger partial charge in [0.1, 0.15) is 11.2 Å². The fourth-order valence-electron chi connectivity index (χ4n) is 4.05. The molecule has 2 N–H and O–H groups in total. The third-order valence-corrected chi connectivity index (χ3v) is 5.82. The summed E-state index contributed by atoms with van der Waals surface area (Å²) in [5.41, 5.74) is 1.99. The topological polar surface area (TPSA) is 138 Å². The number of nitrogens with one attached hydrogen (secondary N) is 2. The second-order valence-corrected chi connectivity index (χ2v) is 8.38. The molecule has 198 valence electrons. The van der Waals surface area contributed by atoms with E-state index in [0.717, 1.165) is 5.69 Å². The van der Waals surface area contributed by atoms with E-state index >= 15 is 0 Å². The highest BCUT2D eigenvalue weighted by Crippen LogP contribution is 2.38. The SMILES string of the molecule is COc1cc(/C=C\C(=O)Nc2cc(C)nn2-c2nc3c(cnn3-c3ccccc3)c(=O)[nH]2)cc(OC)c1OC. The van der Waals surface area contributed by atoms with Crippen LogP contribution >= 0.6 is 0 Å². The third kappa shape index (κ3) is 4.94. The van der Waals surface area contributed by atoms with E-state index < -0.39 is 5.91 Å². The number of hydrogen-bond donors (Lipinski definition) is 2. The molecule has 5 aromatic rings. The maximum Gasteiger partial charge on any atom is 0.263 e. The number of para-hydroxylation sites is 1. The first-order valence-electron chi connectivity index (χ1n) is 11.8. The van der Waals surface area contributed by atoms with Crippen molar-refractivity contribution in [2.45, 2.75) is 6.92 Å². The average Bonchev–Trinajstić information content (AvgIpc) is 3.55. The van der Waals surface area contributed by atoms with Gasteiger partial charge in [-0.25, -0.2) is 4.68 Å². The van der Waals surface area contributed by atoms with Crippen molar-refractivity contribution in [3.8, 4) is 28.9 Å². The molecule has 0 aliphatic rings. The lowest BCUT2D eigenvalue weighted by atomic mass is 10.1. The molecule has 39 heavy (non-hydrogen) atoms. The summed E-state index contributed by atoms with van der Waals surface area (Å²) in [6.45, 7) is 1.77. The van der Waals surface area contributed by atoms with Gasteiger partial charge in [0, 0.05) is 12.1 Å². The summed E-state index contributed by atoms with van der Waals surface area (Å²) in [6.07, 6.45) is 4.43. The van der Waals surface area contributed by atoms with E-state index in [1.54, 1.807) is 35.9 Å². The van der Waals surface area contributed by atoms with Gasteiger partial charge < -0.3 is 19.5 Å². The Morgan fingerprint density at radius 3 is 2.38 bits per heavy atom. The highest BCUT2D eigenvalue weighted by molar-refractivity contribution is 6.01. The number of aromatic amines is 1. The molecular formula is C27H25N7O5. The van der Waals surface area contributed by atoms with Crippen LogP contribution in [0.2, 0.25) is 0 Å². The molecule has 1 amide bonds. The minimum Gasteiger partial charge on any atom is -0.493 e. The maximum atomic E-state index is 12.9. The van der Waals surface area contributed by atoms with Gasteiger partial charge in [-0.1, -0.05) is 18.2 Å². The number of rotatable bonds is 8. The van der Waals surface area contributed by atoms with E-state index in [9.17, 15) is 9.59 Å². The van der Waals surface area contributed by atoms with Crippen LogP contribution in [0.4, 0.5) is 5.82 Å². The predicted octanol–water partition coefficient (Wildman–Crippen LogP) is 3.28. The molecule has 0 bridgehead atoms. The molecule has 0 saturated carbocycles. The lowest BCUT2D eigenvalue weighted by Crippen LogP contribution is -2.18. The molecule has 0 aliphatic heterocycles. The lowest BCUT2D eigenvalue weighted by molar-refractivity contribution is -0.111. The van der Waals surface area contributed by atoms with E-state index in [-0.39, 0.29) is 11.5 Å². The van der Waals surface area contributed by atoms with Crippen molar-refractivity contribution < 1.29 is 19.0 Å². The van der Waals surface area contributed by atoms with Crippen molar-refractivity contribution >= 4 is 28.8 Å². The summed E-state index contributed by atoms with van der Waals surface area (Å²) in [7, 11) is 4.55. The molecule has 0 fully saturated rings. The largest absolute Gasteiger partial charge is 0.493 e. The van der Waals surface area contributed by atoms with Gasteiger partial charge in [0.15, 0.2) is 17.1 Å². The minimum absolute atomic E-state index is 0.127. The fourth-order valence-corrected chi connectivity index (χ4v) is 4.05. The molecular weight excluding hydrogens is 502 g/mol. The van der Waals surface area contributed by atoms with Crippen LogP contribution < -0.4 is 25.1 Å². The van der Waals surface area contributed by atoms with Crippen LogP contribution in [-0.4, -0.2) is 56.8 Å². The number of aryl methyl sites for hydroxylation is 1. The van der Waals surface area contributed by atoms with Crippen molar-refractivity contribution in [3.63, 3.8) is 0 Å². The number of aromatic nitrogens is 6. The molecule has 0 unspecified atom stereocenters. The summed E-state index contributed by atoms with van der Waals surface area (Å²) >= 11 is 0. The maximum absolute atomic E-state index is 12.9. The highest BCUT2D eigenvalue weighted by atomic mass is 16.5. The molecule has 0 atom stereocenters. The van der Waals surface area contributed by atoms with Crippen LogP contribution in [-0.2, 0) is 4.79 Å². The standard InChI is InChI=1S/C27H25N7O5/c1-16-12-22(29-23(35)11-10-17-13-20(37-2)24(39-4)21(14-17)38-3)34(32-16)27-30-25-19(26(36)31-27)15-28-33(25)18-8-6-5-7-9-18/h5-15H,1-4H3,(H,29,35)(H,30,31,36)/b11-10-. The summed E-state index contributed by atoms with van der Waals surface area (Å²) in [4.78, 5) is 33.0. The minimum atomic E-state index is -0.428. The molecule has 0 spiro atoms. The molecule has 3 heterocycles. The van der Waals surface area contributed by atoms with Gasteiger partial charge in [-0.3, -0.25) is 14.6 Å². The van der Waals surface area contributed by atoms with Crippen molar-refractivity contribution in [2.24, 2.45) is 0 Å². The smallest absolute Gasteiger partial charge is 0.263 e. The van der Waals surface area contributed by atoms with Crippen molar-refractivity contribution in [3.05, 3.63) is 82.4 Å². The number of anilines is 1. The Hall–Kier alpha value is -5.39. The van der Waals surface area contributed by atoms with Gasteiger partial charge in [0.05, 0.1) is 38.9 Å². The zero-order valence-corrected chi connectivity index (χ0v) is 21.6. The Balaban J connectivity index is 1.46. The van der Waals surface area contributed by atoms with Crippen LogP contribution in [0.15, 0.2) is 65.6 Å². The zero-order valence-electron chi connectivity index (χ0n) is 21.6. The quantitative estimate of drug-likeness (QED) is 0.293. The van der Waals surface area contributed by atoms with Crippen LogP contribution in [0.1, 0.15) is 11.3 Å². The summed E-state index contributed by atoms with van der Waals surface area (Å²) in [5.74, 6) is 1.40. The molecule has 0 saturated heterocycles. The normalized spacial score (nSPS) is 11.2. The third-order valence-electron chi connectivity index (χ3n) is 5.82. The van der Waals surface area contributed by atoms with Gasteiger partial charge in [-0.15, -0.1) is 0 Å². The summed E-state index contributed by atoms with van der Waals surface area (Å²) < 4.78 is 19.0. The van der Waals surface area contributed by atoms with Crippen molar-refractivity contribution in [1.82, 2.24) is 29.5 Å². The number of ether oxygens (including phenoxy) is 3. The van der Waals surface area contributed by atoms with Crippen LogP contribution in [0.5, 0.6) is 17.2 Å². The van der Waals surface area contributed by atoms with Crippen LogP contribution in [0.25, 0.3) is 28.7 Å². The molecule has 0 radical (unpaired) electrons. The Bertz CT molecular complexity index is 1730. The van der Waals surface area contributed by atoms with Crippen molar-refractivity contribution in [2.75, 3.05) is 26.6 Å². The lowest BCUT2D eigenvalue weighted by Gasteiger charge is -2.12. The average molecular weight is 528 g/mol. The number of benzene rings is 2. The Morgan fingerprint density at radius 2 is 1.72 bits per heavy atom. The number of amides is 1. The molecule has 3 aromatic heterocycles. The van der Waals surface area contributed by atoms with Gasteiger partial charge in [0.25, 0.3) is 5.56 Å². The Labute approximate surface area is 222 Å². The van der Waals surface area contributed by atoms with E-state index in [2.05, 4.69) is 25.5 Å². The van der Waals surface area contributed by atoms with Gasteiger partial charge >= 0.3 is 0 Å². The van der Waals surface area contributed by atoms with E-state index in [4.69, 9.17) is 14.2 Å². The molecule has 0 aliphatic carbocycles. The Kier molecular flexibility index (Phi) is 6.83. The number of methoxy groups -OCH3 is 3. The Morgan fingerprint density at radius 1 is 1.00 bits per heavy atom. The molecule has 12 nitrogen and oxygen atoms in total. The number of nitrogens with zero attached hydrogens (tertiary/aromatic N) is 5. The second kappa shape index (κ2) is 10.5. The molecule has 5 rings (SSSR count). The van der Waals surface area contributed by atoms with Crippen LogP contribution in [0, 0.1) is 6.92 Å². The predicted molar refractivity (Wildman–Crippen MR) is 145 cm³/mol. The zero-order chi connectivity index (χ0) is 27.5. The molecule has 12 heteroatoms. The first-order chi connectivity index (χ1) is 18.9. The number of hydrogen-bond acceptors (Lipinski definition) is 8. The number of fused-ring (bicyclic) bond motifs is 1. The summed E-state index contributed by atoms with van der Waals surface area (Å²) in [6, 6.07) is 14.5. The highest BCUT2D eigenvalue weighted by Gasteiger charge is 2.17.